The lowest BCUT2D eigenvalue weighted by Crippen LogP contribution is -2.37. The molecule has 1 saturated heterocycles. The lowest BCUT2D eigenvalue weighted by Gasteiger charge is -2.23. The predicted molar refractivity (Wildman–Crippen MR) is 111 cm³/mol. The Morgan fingerprint density at radius 3 is 2.67 bits per heavy atom. The number of anilines is 1. The molecular weight excluding hydrogens is 437 g/mol. The largest absolute Gasteiger partial charge is 0.416 e. The van der Waals surface area contributed by atoms with E-state index >= 15 is 0 Å². The molecule has 4 nitrogen and oxygen atoms in total. The highest BCUT2D eigenvalue weighted by Crippen LogP contribution is 2.35. The number of benzene rings is 2. The number of fused-ring (bicyclic) bond motifs is 1. The fourth-order valence-corrected chi connectivity index (χ4v) is 4.88. The van der Waals surface area contributed by atoms with E-state index in [-0.39, 0.29) is 18.2 Å². The zero-order chi connectivity index (χ0) is 21.5. The van der Waals surface area contributed by atoms with Crippen molar-refractivity contribution in [2.24, 2.45) is 0 Å². The second-order valence-corrected chi connectivity index (χ2v) is 8.64. The van der Waals surface area contributed by atoms with Gasteiger partial charge in [-0.15, -0.1) is 0 Å². The molecule has 4 rings (SSSR count). The summed E-state index contributed by atoms with van der Waals surface area (Å²) < 4.78 is 45.1. The van der Waals surface area contributed by atoms with E-state index in [1.165, 1.54) is 28.4 Å². The Kier molecular flexibility index (Phi) is 5.74. The fraction of sp³-hybridized carbons (Fsp3) is 0.333. The van der Waals surface area contributed by atoms with Gasteiger partial charge in [-0.1, -0.05) is 22.9 Å². The number of alkyl halides is 3. The van der Waals surface area contributed by atoms with Gasteiger partial charge in [-0.05, 0) is 61.7 Å². The van der Waals surface area contributed by atoms with Crippen LogP contribution in [0.2, 0.25) is 5.02 Å². The predicted octanol–water partition coefficient (Wildman–Crippen LogP) is 6.10. The third kappa shape index (κ3) is 4.31. The fourth-order valence-electron chi connectivity index (χ4n) is 3.46. The van der Waals surface area contributed by atoms with Crippen molar-refractivity contribution in [1.29, 1.82) is 0 Å². The molecule has 1 aliphatic heterocycles. The Hall–Kier alpha value is -2.16. The molecular formula is C21H18ClF3N2O2S. The first-order valence-electron chi connectivity index (χ1n) is 9.40. The Balaban J connectivity index is 1.71. The van der Waals surface area contributed by atoms with Crippen LogP contribution < -0.4 is 4.90 Å². The highest BCUT2D eigenvalue weighted by atomic mass is 35.5. The summed E-state index contributed by atoms with van der Waals surface area (Å²) in [5, 5.41) is 1.05. The maximum absolute atomic E-state index is 13.3. The third-order valence-corrected chi connectivity index (χ3v) is 6.23. The summed E-state index contributed by atoms with van der Waals surface area (Å²) in [5.41, 5.74) is 1.00. The van der Waals surface area contributed by atoms with Crippen molar-refractivity contribution in [3.8, 4) is 0 Å². The van der Waals surface area contributed by atoms with Crippen molar-refractivity contribution in [3.63, 3.8) is 0 Å². The van der Waals surface area contributed by atoms with Gasteiger partial charge >= 0.3 is 6.18 Å². The average molecular weight is 455 g/mol. The van der Waals surface area contributed by atoms with Gasteiger partial charge in [0.05, 0.1) is 28.4 Å². The quantitative estimate of drug-likeness (QED) is 0.478. The molecule has 0 N–H and O–H groups in total. The van der Waals surface area contributed by atoms with Crippen molar-refractivity contribution in [2.45, 2.75) is 32.0 Å². The monoisotopic (exact) mass is 454 g/mol. The maximum atomic E-state index is 13.3. The Bertz CT molecular complexity index is 1080. The highest BCUT2D eigenvalue weighted by molar-refractivity contribution is 7.22. The van der Waals surface area contributed by atoms with Gasteiger partial charge < -0.3 is 4.74 Å². The zero-order valence-corrected chi connectivity index (χ0v) is 17.6. The van der Waals surface area contributed by atoms with E-state index in [1.54, 1.807) is 12.1 Å². The summed E-state index contributed by atoms with van der Waals surface area (Å²) in [6, 6.07) is 7.82. The molecule has 2 aromatic carbocycles. The molecule has 0 bridgehead atoms. The molecule has 30 heavy (non-hydrogen) atoms. The van der Waals surface area contributed by atoms with E-state index < -0.39 is 17.6 Å². The average Bonchev–Trinajstić information content (AvgIpc) is 3.34. The number of halogens is 4. The molecule has 1 aliphatic rings. The summed E-state index contributed by atoms with van der Waals surface area (Å²) in [6.07, 6.45) is -2.88. The Morgan fingerprint density at radius 2 is 2.03 bits per heavy atom. The van der Waals surface area contributed by atoms with Crippen molar-refractivity contribution < 1.29 is 22.7 Å². The van der Waals surface area contributed by atoms with Crippen LogP contribution >= 0.6 is 22.9 Å². The van der Waals surface area contributed by atoms with Crippen LogP contribution in [0.1, 0.15) is 34.3 Å². The van der Waals surface area contributed by atoms with Crippen LogP contribution in [0.15, 0.2) is 36.4 Å². The van der Waals surface area contributed by atoms with Gasteiger partial charge in [0, 0.05) is 17.2 Å². The molecule has 1 atom stereocenters. The van der Waals surface area contributed by atoms with Crippen molar-refractivity contribution in [3.05, 3.63) is 58.1 Å². The summed E-state index contributed by atoms with van der Waals surface area (Å²) in [5.74, 6) is -0.415. The maximum Gasteiger partial charge on any atom is 0.416 e. The van der Waals surface area contributed by atoms with Gasteiger partial charge in [0.25, 0.3) is 5.91 Å². The summed E-state index contributed by atoms with van der Waals surface area (Å²) in [6.45, 7) is 2.80. The minimum Gasteiger partial charge on any atom is -0.376 e. The van der Waals surface area contributed by atoms with Crippen molar-refractivity contribution >= 4 is 44.2 Å². The Labute approximate surface area is 180 Å². The first-order valence-corrected chi connectivity index (χ1v) is 10.6. The third-order valence-electron chi connectivity index (χ3n) is 4.98. The van der Waals surface area contributed by atoms with E-state index in [1.807, 2.05) is 6.92 Å². The summed E-state index contributed by atoms with van der Waals surface area (Å²) >= 11 is 7.47. The molecule has 158 valence electrons. The molecule has 0 spiro atoms. The first kappa shape index (κ1) is 21.1. The second kappa shape index (κ2) is 8.17. The summed E-state index contributed by atoms with van der Waals surface area (Å²) in [7, 11) is 0. The number of aryl methyl sites for hydroxylation is 1. The minimum atomic E-state index is -4.46. The van der Waals surface area contributed by atoms with Crippen LogP contribution in [0.5, 0.6) is 0 Å². The molecule has 0 radical (unpaired) electrons. The lowest BCUT2D eigenvalue weighted by molar-refractivity contribution is -0.137. The number of hydrogen-bond acceptors (Lipinski definition) is 4. The SMILES string of the molecule is Cc1cc(Cl)cc2sc(N(CC3CCCO3)C(=O)c3ccc(C(F)(F)F)cc3)nc12. The number of hydrogen-bond donors (Lipinski definition) is 0. The smallest absolute Gasteiger partial charge is 0.376 e. The molecule has 0 aliphatic carbocycles. The van der Waals surface area contributed by atoms with Gasteiger partial charge in [0.15, 0.2) is 5.13 Å². The van der Waals surface area contributed by atoms with E-state index in [0.717, 1.165) is 40.8 Å². The number of rotatable bonds is 4. The van der Waals surface area contributed by atoms with Crippen molar-refractivity contribution in [1.82, 2.24) is 4.98 Å². The first-order chi connectivity index (χ1) is 14.2. The molecule has 1 aromatic heterocycles. The van der Waals surface area contributed by atoms with Gasteiger partial charge in [0.2, 0.25) is 0 Å². The van der Waals surface area contributed by atoms with Crippen LogP contribution in [0.3, 0.4) is 0 Å². The molecule has 3 aromatic rings. The number of amides is 1. The van der Waals surface area contributed by atoms with Crippen LogP contribution in [-0.4, -0.2) is 30.1 Å². The van der Waals surface area contributed by atoms with Gasteiger partial charge in [-0.3, -0.25) is 9.69 Å². The topological polar surface area (TPSA) is 42.4 Å². The number of thiazole rings is 1. The molecule has 1 unspecified atom stereocenters. The number of ether oxygens (including phenoxy) is 1. The molecule has 0 saturated carbocycles. The van der Waals surface area contributed by atoms with Crippen molar-refractivity contribution in [2.75, 3.05) is 18.1 Å². The molecule has 9 heteroatoms. The van der Waals surface area contributed by atoms with E-state index in [4.69, 9.17) is 16.3 Å². The number of carbonyl (C=O) groups excluding carboxylic acids is 1. The molecule has 2 heterocycles. The lowest BCUT2D eigenvalue weighted by atomic mass is 10.1. The molecule has 1 fully saturated rings. The highest BCUT2D eigenvalue weighted by Gasteiger charge is 2.31. The van der Waals surface area contributed by atoms with Crippen LogP contribution in [0, 0.1) is 6.92 Å². The number of aromatic nitrogens is 1. The van der Waals surface area contributed by atoms with E-state index in [0.29, 0.717) is 16.8 Å². The number of carbonyl (C=O) groups is 1. The van der Waals surface area contributed by atoms with E-state index in [9.17, 15) is 18.0 Å². The zero-order valence-electron chi connectivity index (χ0n) is 16.0. The normalized spacial score (nSPS) is 16.9. The Morgan fingerprint density at radius 1 is 1.30 bits per heavy atom. The van der Waals surface area contributed by atoms with Crippen LogP contribution in [0.25, 0.3) is 10.2 Å². The number of nitrogens with zero attached hydrogens (tertiary/aromatic N) is 2. The molecule has 1 amide bonds. The standard InChI is InChI=1S/C21H18ClF3N2O2S/c1-12-9-15(22)10-17-18(12)26-20(30-17)27(11-16-3-2-8-29-16)19(28)13-4-6-14(7-5-13)21(23,24)25/h4-7,9-10,16H,2-3,8,11H2,1H3. The van der Waals surface area contributed by atoms with Gasteiger partial charge in [-0.2, -0.15) is 13.2 Å². The van der Waals surface area contributed by atoms with Crippen LogP contribution in [0.4, 0.5) is 18.3 Å². The van der Waals surface area contributed by atoms with E-state index in [2.05, 4.69) is 4.98 Å². The van der Waals surface area contributed by atoms with Gasteiger partial charge in [-0.25, -0.2) is 4.98 Å². The summed E-state index contributed by atoms with van der Waals surface area (Å²) in [4.78, 5) is 19.4. The minimum absolute atomic E-state index is 0.139. The van der Waals surface area contributed by atoms with Gasteiger partial charge in [0.1, 0.15) is 0 Å². The second-order valence-electron chi connectivity index (χ2n) is 7.19. The van der Waals surface area contributed by atoms with Crippen LogP contribution in [-0.2, 0) is 10.9 Å².